The third kappa shape index (κ3) is 2.80. The second kappa shape index (κ2) is 6.11. The molecule has 3 rings (SSSR count). The van der Waals surface area contributed by atoms with Gasteiger partial charge in [0.05, 0.1) is 11.3 Å². The highest BCUT2D eigenvalue weighted by Gasteiger charge is 2.56. The molecule has 1 aromatic carbocycles. The van der Waals surface area contributed by atoms with Gasteiger partial charge in [0.1, 0.15) is 11.6 Å². The van der Waals surface area contributed by atoms with E-state index in [0.29, 0.717) is 0 Å². The minimum atomic E-state index is -1.18. The molecule has 2 aliphatic rings. The number of hydrazine groups is 1. The number of thiocarbonyl (C=S) groups is 1. The van der Waals surface area contributed by atoms with E-state index in [4.69, 9.17) is 12.2 Å². The third-order valence-electron chi connectivity index (χ3n) is 4.28. The summed E-state index contributed by atoms with van der Waals surface area (Å²) in [6.45, 7) is 3.15. The molecular formula is C15H15N5O5S. The number of nitrogens with one attached hydrogen (secondary N) is 2. The summed E-state index contributed by atoms with van der Waals surface area (Å²) in [7, 11) is 0. The molecule has 136 valence electrons. The molecule has 2 fully saturated rings. The highest BCUT2D eigenvalue weighted by molar-refractivity contribution is 7.80. The molecule has 10 nitrogen and oxygen atoms in total. The minimum absolute atomic E-state index is 0.0787. The van der Waals surface area contributed by atoms with Crippen molar-refractivity contribution < 1.29 is 19.3 Å². The number of carbonyl (C=O) groups excluding carboxylic acids is 3. The van der Waals surface area contributed by atoms with Crippen LogP contribution in [0.5, 0.6) is 0 Å². The minimum Gasteiger partial charge on any atom is -0.324 e. The van der Waals surface area contributed by atoms with Gasteiger partial charge in [-0.25, -0.2) is 5.01 Å². The topological polar surface area (TPSA) is 125 Å². The molecular weight excluding hydrogens is 362 g/mol. The molecule has 26 heavy (non-hydrogen) atoms. The molecule has 11 heteroatoms. The third-order valence-corrected chi connectivity index (χ3v) is 4.56. The van der Waals surface area contributed by atoms with Gasteiger partial charge < -0.3 is 5.32 Å². The van der Waals surface area contributed by atoms with Gasteiger partial charge in [0, 0.05) is 17.8 Å². The number of hydrogen-bond acceptors (Lipinski definition) is 7. The van der Waals surface area contributed by atoms with Gasteiger partial charge in [0.25, 0.3) is 5.69 Å². The average Bonchev–Trinajstić information content (AvgIpc) is 2.92. The van der Waals surface area contributed by atoms with Crippen LogP contribution in [0, 0.1) is 10.1 Å². The highest BCUT2D eigenvalue weighted by Crippen LogP contribution is 2.33. The lowest BCUT2D eigenvalue weighted by atomic mass is 10.00. The number of carbonyl (C=O) groups is 3. The smallest absolute Gasteiger partial charge is 0.271 e. The molecule has 0 bridgehead atoms. The quantitative estimate of drug-likeness (QED) is 0.447. The van der Waals surface area contributed by atoms with E-state index in [1.807, 2.05) is 0 Å². The van der Waals surface area contributed by atoms with Gasteiger partial charge >= 0.3 is 0 Å². The number of fused-ring (bicyclic) bond motifs is 1. The Kier molecular flexibility index (Phi) is 4.20. The SMILES string of the molecule is CC1(C)C(=O)NC(=S)N2C(=O)CC(C(=O)Nc3cccc([N+](=O)[O-])c3)N21. The van der Waals surface area contributed by atoms with Crippen molar-refractivity contribution in [1.82, 2.24) is 15.3 Å². The van der Waals surface area contributed by atoms with Gasteiger partial charge in [0.2, 0.25) is 17.7 Å². The lowest BCUT2D eigenvalue weighted by Crippen LogP contribution is -2.71. The Morgan fingerprint density at radius 1 is 1.42 bits per heavy atom. The van der Waals surface area contributed by atoms with E-state index in [1.54, 1.807) is 13.8 Å². The maximum absolute atomic E-state index is 12.7. The zero-order chi connectivity index (χ0) is 19.2. The van der Waals surface area contributed by atoms with Crippen molar-refractivity contribution in [1.29, 1.82) is 0 Å². The summed E-state index contributed by atoms with van der Waals surface area (Å²) in [5, 5.41) is 18.3. The predicted molar refractivity (Wildman–Crippen MR) is 93.6 cm³/mol. The Morgan fingerprint density at radius 2 is 2.12 bits per heavy atom. The van der Waals surface area contributed by atoms with Crippen LogP contribution in [0.1, 0.15) is 20.3 Å². The Labute approximate surface area is 153 Å². The van der Waals surface area contributed by atoms with Crippen LogP contribution in [0.2, 0.25) is 0 Å². The van der Waals surface area contributed by atoms with Gasteiger partial charge in [-0.3, -0.25) is 29.8 Å². The lowest BCUT2D eigenvalue weighted by Gasteiger charge is -2.45. The van der Waals surface area contributed by atoms with E-state index in [0.717, 1.165) is 5.01 Å². The Balaban J connectivity index is 1.88. The van der Waals surface area contributed by atoms with E-state index in [-0.39, 0.29) is 22.9 Å². The lowest BCUT2D eigenvalue weighted by molar-refractivity contribution is -0.384. The van der Waals surface area contributed by atoms with Crippen LogP contribution in [0.25, 0.3) is 0 Å². The van der Waals surface area contributed by atoms with Crippen molar-refractivity contribution in [3.8, 4) is 0 Å². The molecule has 0 radical (unpaired) electrons. The molecule has 0 aromatic heterocycles. The molecule has 0 saturated carbocycles. The fourth-order valence-electron chi connectivity index (χ4n) is 2.98. The fourth-order valence-corrected chi connectivity index (χ4v) is 3.26. The van der Waals surface area contributed by atoms with E-state index >= 15 is 0 Å². The number of hydrogen-bond donors (Lipinski definition) is 2. The number of nitrogens with zero attached hydrogens (tertiary/aromatic N) is 3. The van der Waals surface area contributed by atoms with Crippen molar-refractivity contribution in [2.24, 2.45) is 0 Å². The van der Waals surface area contributed by atoms with Gasteiger partial charge in [-0.1, -0.05) is 6.07 Å². The Bertz CT molecular complexity index is 855. The molecule has 1 aromatic rings. The van der Waals surface area contributed by atoms with E-state index in [2.05, 4.69) is 10.6 Å². The molecule has 0 aliphatic carbocycles. The van der Waals surface area contributed by atoms with Crippen molar-refractivity contribution in [3.63, 3.8) is 0 Å². The normalized spacial score (nSPS) is 22.0. The van der Waals surface area contributed by atoms with Crippen LogP contribution < -0.4 is 10.6 Å². The first-order chi connectivity index (χ1) is 12.1. The first-order valence-electron chi connectivity index (χ1n) is 7.66. The van der Waals surface area contributed by atoms with Crippen molar-refractivity contribution in [2.45, 2.75) is 31.8 Å². The summed E-state index contributed by atoms with van der Waals surface area (Å²) in [6.07, 6.45) is -0.167. The molecule has 1 atom stereocenters. The average molecular weight is 377 g/mol. The van der Waals surface area contributed by atoms with Crippen LogP contribution in [-0.2, 0) is 14.4 Å². The Hall–Kier alpha value is -2.92. The maximum Gasteiger partial charge on any atom is 0.271 e. The molecule has 2 aliphatic heterocycles. The van der Waals surface area contributed by atoms with Crippen molar-refractivity contribution in [2.75, 3.05) is 5.32 Å². The van der Waals surface area contributed by atoms with Crippen LogP contribution in [0.3, 0.4) is 0 Å². The molecule has 2 heterocycles. The molecule has 1 unspecified atom stereocenters. The summed E-state index contributed by atoms with van der Waals surface area (Å²) in [5.41, 5.74) is -1.14. The molecule has 2 saturated heterocycles. The van der Waals surface area contributed by atoms with Crippen molar-refractivity contribution >= 4 is 46.4 Å². The largest absolute Gasteiger partial charge is 0.324 e. The summed E-state index contributed by atoms with van der Waals surface area (Å²) in [6, 6.07) is 4.48. The van der Waals surface area contributed by atoms with Crippen LogP contribution in [-0.4, -0.2) is 49.4 Å². The summed E-state index contributed by atoms with van der Waals surface area (Å²) >= 11 is 5.04. The number of nitro benzene ring substituents is 1. The van der Waals surface area contributed by atoms with Gasteiger partial charge in [-0.2, -0.15) is 5.01 Å². The molecule has 3 amide bonds. The van der Waals surface area contributed by atoms with Crippen molar-refractivity contribution in [3.05, 3.63) is 34.4 Å². The second-order valence-corrected chi connectivity index (χ2v) is 6.77. The van der Waals surface area contributed by atoms with E-state index < -0.39 is 34.2 Å². The molecule has 0 spiro atoms. The van der Waals surface area contributed by atoms with Gasteiger partial charge in [0.15, 0.2) is 5.11 Å². The second-order valence-electron chi connectivity index (χ2n) is 6.39. The monoisotopic (exact) mass is 377 g/mol. The van der Waals surface area contributed by atoms with Crippen LogP contribution in [0.15, 0.2) is 24.3 Å². The first kappa shape index (κ1) is 17.9. The zero-order valence-corrected chi connectivity index (χ0v) is 14.7. The molecule has 2 N–H and O–H groups in total. The summed E-state index contributed by atoms with van der Waals surface area (Å²) in [5.74, 6) is -1.41. The summed E-state index contributed by atoms with van der Waals surface area (Å²) < 4.78 is 0. The number of benzene rings is 1. The zero-order valence-electron chi connectivity index (χ0n) is 13.9. The predicted octanol–water partition coefficient (Wildman–Crippen LogP) is 0.544. The number of non-ortho nitro benzene ring substituents is 1. The van der Waals surface area contributed by atoms with Crippen LogP contribution >= 0.6 is 12.2 Å². The summed E-state index contributed by atoms with van der Waals surface area (Å²) in [4.78, 5) is 47.5. The standard InChI is InChI=1S/C15H15N5O5S/c1-15(2)13(23)17-14(26)18-11(21)7-10(19(15)18)12(22)16-8-4-3-5-9(6-8)20(24)25/h3-6,10H,7H2,1-2H3,(H,16,22)(H,17,23,26). The number of rotatable bonds is 3. The number of amides is 3. The fraction of sp³-hybridized carbons (Fsp3) is 0.333. The van der Waals surface area contributed by atoms with E-state index in [1.165, 1.54) is 29.3 Å². The first-order valence-corrected chi connectivity index (χ1v) is 8.06. The van der Waals surface area contributed by atoms with Crippen LogP contribution in [0.4, 0.5) is 11.4 Å². The number of anilines is 1. The maximum atomic E-state index is 12.7. The number of nitro groups is 1. The van der Waals surface area contributed by atoms with E-state index in [9.17, 15) is 24.5 Å². The van der Waals surface area contributed by atoms with Gasteiger partial charge in [-0.15, -0.1) is 0 Å². The highest BCUT2D eigenvalue weighted by atomic mass is 32.1. The van der Waals surface area contributed by atoms with Gasteiger partial charge in [-0.05, 0) is 32.1 Å². The Morgan fingerprint density at radius 3 is 2.77 bits per heavy atom.